The van der Waals surface area contributed by atoms with Crippen molar-refractivity contribution in [1.82, 2.24) is 9.88 Å². The van der Waals surface area contributed by atoms with E-state index in [1.165, 1.54) is 19.3 Å². The maximum atomic E-state index is 5.84. The van der Waals surface area contributed by atoms with Crippen molar-refractivity contribution in [2.45, 2.75) is 25.8 Å². The molecule has 0 spiro atoms. The highest BCUT2D eigenvalue weighted by Gasteiger charge is 2.15. The number of aromatic nitrogens is 1. The molecule has 120 valence electrons. The third-order valence-electron chi connectivity index (χ3n) is 3.89. The fraction of sp³-hybridized carbons (Fsp3) is 0.333. The summed E-state index contributed by atoms with van der Waals surface area (Å²) in [6, 6.07) is 14.0. The lowest BCUT2D eigenvalue weighted by Gasteiger charge is -2.30. The van der Waals surface area contributed by atoms with Crippen LogP contribution in [0.2, 0.25) is 5.15 Å². The molecule has 1 aliphatic heterocycles. The molecule has 1 saturated heterocycles. The quantitative estimate of drug-likeness (QED) is 0.522. The lowest BCUT2D eigenvalue weighted by atomic mass is 10.1. The van der Waals surface area contributed by atoms with Crippen LogP contribution in [0.4, 0.5) is 5.69 Å². The molecule has 5 heteroatoms. The van der Waals surface area contributed by atoms with Crippen molar-refractivity contribution < 1.29 is 0 Å². The van der Waals surface area contributed by atoms with Gasteiger partial charge in [0.05, 0.1) is 6.54 Å². The molecule has 4 nitrogen and oxygen atoms in total. The average Bonchev–Trinajstić information content (AvgIpc) is 2.61. The van der Waals surface area contributed by atoms with Crippen LogP contribution in [0, 0.1) is 0 Å². The second kappa shape index (κ2) is 7.97. The Balaban J connectivity index is 1.75. The van der Waals surface area contributed by atoms with Crippen LogP contribution in [-0.4, -0.2) is 28.9 Å². The minimum absolute atomic E-state index is 0.511. The number of hydrogen-bond donors (Lipinski definition) is 1. The second-order valence-electron chi connectivity index (χ2n) is 5.67. The van der Waals surface area contributed by atoms with Gasteiger partial charge in [0.2, 0.25) is 0 Å². The molecule has 3 rings (SSSR count). The minimum atomic E-state index is 0.511. The molecule has 0 unspecified atom stereocenters. The van der Waals surface area contributed by atoms with Gasteiger partial charge in [-0.1, -0.05) is 35.9 Å². The number of piperidine rings is 1. The average molecular weight is 329 g/mol. The molecular weight excluding hydrogens is 308 g/mol. The molecule has 0 bridgehead atoms. The number of benzene rings is 1. The Kier molecular flexibility index (Phi) is 5.48. The topological polar surface area (TPSA) is 40.5 Å². The number of halogens is 1. The van der Waals surface area contributed by atoms with Crippen LogP contribution in [0.5, 0.6) is 0 Å². The van der Waals surface area contributed by atoms with Gasteiger partial charge in [-0.25, -0.2) is 9.98 Å². The smallest absolute Gasteiger partial charge is 0.198 e. The summed E-state index contributed by atoms with van der Waals surface area (Å²) in [7, 11) is 0. The van der Waals surface area contributed by atoms with Gasteiger partial charge in [0.15, 0.2) is 5.96 Å². The number of pyridine rings is 1. The fourth-order valence-corrected chi connectivity index (χ4v) is 2.75. The molecular formula is C18H21ClN4. The van der Waals surface area contributed by atoms with Crippen molar-refractivity contribution in [3.8, 4) is 0 Å². The Labute approximate surface area is 142 Å². The van der Waals surface area contributed by atoms with Crippen LogP contribution in [0.25, 0.3) is 0 Å². The van der Waals surface area contributed by atoms with Crippen LogP contribution in [-0.2, 0) is 6.54 Å². The lowest BCUT2D eigenvalue weighted by Crippen LogP contribution is -2.40. The molecule has 0 aliphatic carbocycles. The van der Waals surface area contributed by atoms with Crippen molar-refractivity contribution in [3.63, 3.8) is 0 Å². The zero-order valence-electron chi connectivity index (χ0n) is 13.1. The normalized spacial score (nSPS) is 15.5. The molecule has 0 saturated carbocycles. The predicted molar refractivity (Wildman–Crippen MR) is 95.9 cm³/mol. The highest BCUT2D eigenvalue weighted by molar-refractivity contribution is 6.29. The van der Waals surface area contributed by atoms with Gasteiger partial charge in [-0.3, -0.25) is 0 Å². The van der Waals surface area contributed by atoms with Crippen LogP contribution in [0.15, 0.2) is 53.7 Å². The Bertz CT molecular complexity index is 634. The molecule has 1 aliphatic rings. The summed E-state index contributed by atoms with van der Waals surface area (Å²) in [6.45, 7) is 2.70. The first-order valence-electron chi connectivity index (χ1n) is 8.03. The van der Waals surface area contributed by atoms with E-state index in [4.69, 9.17) is 16.6 Å². The maximum absolute atomic E-state index is 5.84. The van der Waals surface area contributed by atoms with Crippen LogP contribution in [0.1, 0.15) is 24.8 Å². The molecule has 0 amide bonds. The summed E-state index contributed by atoms with van der Waals surface area (Å²) in [5.41, 5.74) is 2.12. The highest BCUT2D eigenvalue weighted by atomic mass is 35.5. The molecule has 1 N–H and O–H groups in total. The van der Waals surface area contributed by atoms with Crippen LogP contribution >= 0.6 is 11.6 Å². The van der Waals surface area contributed by atoms with E-state index in [1.54, 1.807) is 12.3 Å². The number of nitrogens with one attached hydrogen (secondary N) is 1. The van der Waals surface area contributed by atoms with E-state index in [0.29, 0.717) is 11.7 Å². The van der Waals surface area contributed by atoms with E-state index in [9.17, 15) is 0 Å². The number of aliphatic imine (C=N–C) groups is 1. The predicted octanol–water partition coefficient (Wildman–Crippen LogP) is 4.19. The van der Waals surface area contributed by atoms with Gasteiger partial charge in [0.1, 0.15) is 5.15 Å². The molecule has 1 aromatic carbocycles. The molecule has 2 heterocycles. The highest BCUT2D eigenvalue weighted by Crippen LogP contribution is 2.14. The Hall–Kier alpha value is -2.07. The van der Waals surface area contributed by atoms with E-state index in [0.717, 1.165) is 30.3 Å². The van der Waals surface area contributed by atoms with Gasteiger partial charge in [-0.2, -0.15) is 0 Å². The fourth-order valence-electron chi connectivity index (χ4n) is 2.64. The minimum Gasteiger partial charge on any atom is -0.343 e. The zero-order valence-corrected chi connectivity index (χ0v) is 13.8. The van der Waals surface area contributed by atoms with Gasteiger partial charge >= 0.3 is 0 Å². The lowest BCUT2D eigenvalue weighted by molar-refractivity contribution is 0.340. The van der Waals surface area contributed by atoms with Gasteiger partial charge in [0.25, 0.3) is 0 Å². The number of nitrogens with zero attached hydrogens (tertiary/aromatic N) is 3. The van der Waals surface area contributed by atoms with Crippen LogP contribution < -0.4 is 5.32 Å². The number of hydrogen-bond acceptors (Lipinski definition) is 2. The largest absolute Gasteiger partial charge is 0.343 e. The number of para-hydroxylation sites is 1. The maximum Gasteiger partial charge on any atom is 0.198 e. The molecule has 1 fully saturated rings. The van der Waals surface area contributed by atoms with E-state index < -0.39 is 0 Å². The number of rotatable bonds is 3. The Morgan fingerprint density at radius 2 is 1.87 bits per heavy atom. The molecule has 1 aromatic heterocycles. The third-order valence-corrected chi connectivity index (χ3v) is 4.11. The Morgan fingerprint density at radius 1 is 1.09 bits per heavy atom. The third kappa shape index (κ3) is 4.70. The van der Waals surface area contributed by atoms with Gasteiger partial charge in [0, 0.05) is 25.0 Å². The van der Waals surface area contributed by atoms with E-state index in [2.05, 4.69) is 27.3 Å². The molecule has 0 atom stereocenters. The molecule has 2 aromatic rings. The van der Waals surface area contributed by atoms with E-state index in [1.807, 2.05) is 24.3 Å². The van der Waals surface area contributed by atoms with Crippen molar-refractivity contribution in [2.24, 2.45) is 4.99 Å². The first kappa shape index (κ1) is 15.8. The molecule has 23 heavy (non-hydrogen) atoms. The zero-order chi connectivity index (χ0) is 15.9. The molecule has 0 radical (unpaired) electrons. The summed E-state index contributed by atoms with van der Waals surface area (Å²) < 4.78 is 0. The SMILES string of the molecule is Clc1ccc(CN=C(Nc2ccccc2)N2CCCCC2)cn1. The van der Waals surface area contributed by atoms with Gasteiger partial charge in [-0.15, -0.1) is 0 Å². The second-order valence-corrected chi connectivity index (χ2v) is 6.05. The number of anilines is 1. The summed E-state index contributed by atoms with van der Waals surface area (Å²) in [4.78, 5) is 11.2. The van der Waals surface area contributed by atoms with Crippen molar-refractivity contribution >= 4 is 23.2 Å². The summed E-state index contributed by atoms with van der Waals surface area (Å²) in [6.07, 6.45) is 5.52. The number of guanidine groups is 1. The Morgan fingerprint density at radius 3 is 2.57 bits per heavy atom. The van der Waals surface area contributed by atoms with Crippen molar-refractivity contribution in [3.05, 3.63) is 59.4 Å². The monoisotopic (exact) mass is 328 g/mol. The van der Waals surface area contributed by atoms with E-state index >= 15 is 0 Å². The first-order valence-corrected chi connectivity index (χ1v) is 8.41. The van der Waals surface area contributed by atoms with Gasteiger partial charge < -0.3 is 10.2 Å². The number of likely N-dealkylation sites (tertiary alicyclic amines) is 1. The van der Waals surface area contributed by atoms with Crippen LogP contribution in [0.3, 0.4) is 0 Å². The summed E-state index contributed by atoms with van der Waals surface area (Å²) in [5, 5.41) is 3.97. The van der Waals surface area contributed by atoms with E-state index in [-0.39, 0.29) is 0 Å². The first-order chi connectivity index (χ1) is 11.3. The van der Waals surface area contributed by atoms with Crippen molar-refractivity contribution in [2.75, 3.05) is 18.4 Å². The standard InChI is InChI=1S/C18H21ClN4/c19-17-10-9-15(13-20-17)14-21-18(23-11-5-2-6-12-23)22-16-7-3-1-4-8-16/h1,3-4,7-10,13H,2,5-6,11-12,14H2,(H,21,22). The summed E-state index contributed by atoms with van der Waals surface area (Å²) >= 11 is 5.84. The van der Waals surface area contributed by atoms with Gasteiger partial charge in [-0.05, 0) is 43.0 Å². The summed E-state index contributed by atoms with van der Waals surface area (Å²) in [5.74, 6) is 0.936. The van der Waals surface area contributed by atoms with Crippen molar-refractivity contribution in [1.29, 1.82) is 0 Å².